The van der Waals surface area contributed by atoms with Crippen molar-refractivity contribution < 1.29 is 19.7 Å². The van der Waals surface area contributed by atoms with Crippen LogP contribution < -0.4 is 10.1 Å². The molecule has 0 aromatic heterocycles. The first-order chi connectivity index (χ1) is 16.5. The van der Waals surface area contributed by atoms with Crippen LogP contribution in [0.1, 0.15) is 64.7 Å². The van der Waals surface area contributed by atoms with Crippen molar-refractivity contribution in [1.29, 1.82) is 0 Å². The van der Waals surface area contributed by atoms with E-state index >= 15 is 0 Å². The molecule has 3 N–H and O–H groups in total. The molecule has 2 aromatic carbocycles. The van der Waals surface area contributed by atoms with Crippen LogP contribution in [-0.2, 0) is 19.6 Å². The van der Waals surface area contributed by atoms with Crippen molar-refractivity contribution in [2.75, 3.05) is 26.2 Å². The van der Waals surface area contributed by atoms with Crippen molar-refractivity contribution in [3.8, 4) is 17.2 Å². The molecule has 7 heteroatoms. The van der Waals surface area contributed by atoms with Gasteiger partial charge in [-0.25, -0.2) is 0 Å². The summed E-state index contributed by atoms with van der Waals surface area (Å²) in [6.45, 7) is 7.80. The van der Waals surface area contributed by atoms with E-state index in [1.54, 1.807) is 11.8 Å². The maximum atomic E-state index is 13.7. The molecule has 1 saturated heterocycles. The quantitative estimate of drug-likeness (QED) is 0.625. The molecule has 1 aliphatic carbocycles. The lowest BCUT2D eigenvalue weighted by Gasteiger charge is -2.27. The Morgan fingerprint density at radius 2 is 1.76 bits per heavy atom. The van der Waals surface area contributed by atoms with Gasteiger partial charge < -0.3 is 25.2 Å². The first-order valence-electron chi connectivity index (χ1n) is 12.5. The van der Waals surface area contributed by atoms with Crippen molar-refractivity contribution in [3.05, 3.63) is 52.1 Å². The highest BCUT2D eigenvalue weighted by Gasteiger charge is 2.32. The summed E-state index contributed by atoms with van der Waals surface area (Å²) in [5.74, 6) is -0.215. The van der Waals surface area contributed by atoms with Gasteiger partial charge in [0, 0.05) is 57.4 Å². The molecule has 0 atom stereocenters. The van der Waals surface area contributed by atoms with E-state index in [1.807, 2.05) is 0 Å². The number of aromatic hydroxyl groups is 2. The second-order valence-corrected chi connectivity index (χ2v) is 9.91. The number of piperazine rings is 1. The van der Waals surface area contributed by atoms with Crippen molar-refractivity contribution in [1.82, 2.24) is 15.1 Å². The number of hydrogen-bond acceptors (Lipinski definition) is 6. The Balaban J connectivity index is 1.36. The SMILES string of the molecule is Cc1c(O)cc(O)c(C(=O)N2Cc3ccc(CN4CCNCC4)cc3C2)c1OC1CCCCC1. The molecule has 2 aromatic rings. The Hall–Kier alpha value is -2.77. The van der Waals surface area contributed by atoms with Crippen LogP contribution in [0.2, 0.25) is 0 Å². The molecule has 182 valence electrons. The topological polar surface area (TPSA) is 85.3 Å². The van der Waals surface area contributed by atoms with Crippen LogP contribution in [0, 0.1) is 6.92 Å². The van der Waals surface area contributed by atoms with Crippen LogP contribution in [0.5, 0.6) is 17.2 Å². The summed E-state index contributed by atoms with van der Waals surface area (Å²) >= 11 is 0. The number of rotatable bonds is 5. The highest BCUT2D eigenvalue weighted by atomic mass is 16.5. The van der Waals surface area contributed by atoms with Crippen molar-refractivity contribution in [2.45, 2.75) is 64.8 Å². The molecule has 0 bridgehead atoms. The zero-order valence-corrected chi connectivity index (χ0v) is 20.0. The summed E-state index contributed by atoms with van der Waals surface area (Å²) in [6.07, 6.45) is 5.23. The number of benzene rings is 2. The Kier molecular flexibility index (Phi) is 6.66. The molecule has 5 rings (SSSR count). The second kappa shape index (κ2) is 9.84. The molecule has 34 heavy (non-hydrogen) atoms. The molecular formula is C27H35N3O4. The average Bonchev–Trinajstić information content (AvgIpc) is 3.27. The number of hydrogen-bond donors (Lipinski definition) is 3. The third-order valence-electron chi connectivity index (χ3n) is 7.43. The number of ether oxygens (including phenoxy) is 1. The van der Waals surface area contributed by atoms with Gasteiger partial charge in [0.05, 0.1) is 6.10 Å². The van der Waals surface area contributed by atoms with Gasteiger partial charge in [-0.05, 0) is 49.3 Å². The van der Waals surface area contributed by atoms with Crippen molar-refractivity contribution in [3.63, 3.8) is 0 Å². The summed E-state index contributed by atoms with van der Waals surface area (Å²) in [6, 6.07) is 7.76. The average molecular weight is 466 g/mol. The number of amides is 1. The van der Waals surface area contributed by atoms with Crippen LogP contribution in [-0.4, -0.2) is 58.2 Å². The van der Waals surface area contributed by atoms with Crippen molar-refractivity contribution >= 4 is 5.91 Å². The van der Waals surface area contributed by atoms with Gasteiger partial charge in [-0.15, -0.1) is 0 Å². The van der Waals surface area contributed by atoms with Crippen LogP contribution in [0.25, 0.3) is 0 Å². The number of carbonyl (C=O) groups excluding carboxylic acids is 1. The fourth-order valence-electron chi connectivity index (χ4n) is 5.41. The highest BCUT2D eigenvalue weighted by Crippen LogP contribution is 2.41. The number of phenols is 2. The lowest BCUT2D eigenvalue weighted by molar-refractivity contribution is 0.0736. The fourth-order valence-corrected chi connectivity index (χ4v) is 5.41. The molecule has 1 saturated carbocycles. The molecule has 7 nitrogen and oxygen atoms in total. The zero-order valence-electron chi connectivity index (χ0n) is 20.0. The van der Waals surface area contributed by atoms with Crippen molar-refractivity contribution in [2.24, 2.45) is 0 Å². The largest absolute Gasteiger partial charge is 0.507 e. The predicted octanol–water partition coefficient (Wildman–Crippen LogP) is 3.68. The first kappa shape index (κ1) is 23.0. The van der Waals surface area contributed by atoms with Crippen LogP contribution in [0.4, 0.5) is 0 Å². The summed E-state index contributed by atoms with van der Waals surface area (Å²) < 4.78 is 6.26. The van der Waals surface area contributed by atoms with E-state index in [9.17, 15) is 15.0 Å². The Bertz CT molecular complexity index is 1060. The molecule has 0 radical (unpaired) electrons. The van der Waals surface area contributed by atoms with Gasteiger partial charge in [0.15, 0.2) is 0 Å². The molecule has 0 unspecified atom stereocenters. The van der Waals surface area contributed by atoms with E-state index < -0.39 is 0 Å². The second-order valence-electron chi connectivity index (χ2n) is 9.91. The number of fused-ring (bicyclic) bond motifs is 1. The van der Waals surface area contributed by atoms with E-state index in [0.29, 0.717) is 24.4 Å². The van der Waals surface area contributed by atoms with E-state index in [1.165, 1.54) is 18.1 Å². The standard InChI is InChI=1S/C27H35N3O4/c1-18-23(31)14-24(32)25(26(18)34-22-5-3-2-4-6-22)27(33)30-16-20-8-7-19(13-21(20)17-30)15-29-11-9-28-10-12-29/h7-8,13-14,22,28,31-32H,2-6,9-12,15-17H2,1H3. The summed E-state index contributed by atoms with van der Waals surface area (Å²) in [5, 5.41) is 24.4. The number of nitrogens with one attached hydrogen (secondary N) is 1. The minimum Gasteiger partial charge on any atom is -0.507 e. The van der Waals surface area contributed by atoms with Gasteiger partial charge in [0.25, 0.3) is 5.91 Å². The number of phenolic OH excluding ortho intramolecular Hbond substituents is 2. The predicted molar refractivity (Wildman–Crippen MR) is 130 cm³/mol. The van der Waals surface area contributed by atoms with Gasteiger partial charge in [0.2, 0.25) is 0 Å². The van der Waals surface area contributed by atoms with Crippen LogP contribution >= 0.6 is 0 Å². The maximum absolute atomic E-state index is 13.7. The van der Waals surface area contributed by atoms with Gasteiger partial charge in [-0.3, -0.25) is 9.69 Å². The molecule has 3 aliphatic rings. The van der Waals surface area contributed by atoms with Gasteiger partial charge >= 0.3 is 0 Å². The third-order valence-corrected chi connectivity index (χ3v) is 7.43. The normalized spacial score (nSPS) is 19.3. The smallest absolute Gasteiger partial charge is 0.262 e. The molecule has 2 aliphatic heterocycles. The lowest BCUT2D eigenvalue weighted by Crippen LogP contribution is -2.42. The first-order valence-corrected chi connectivity index (χ1v) is 12.5. The van der Waals surface area contributed by atoms with E-state index in [0.717, 1.165) is 69.5 Å². The van der Waals surface area contributed by atoms with Gasteiger partial charge in [-0.1, -0.05) is 24.6 Å². The molecule has 2 fully saturated rings. The van der Waals surface area contributed by atoms with Gasteiger partial charge in [0.1, 0.15) is 22.8 Å². The third kappa shape index (κ3) is 4.72. The molecule has 0 spiro atoms. The minimum absolute atomic E-state index is 0.00326. The molecule has 1 amide bonds. The molecular weight excluding hydrogens is 430 g/mol. The summed E-state index contributed by atoms with van der Waals surface area (Å²) in [4.78, 5) is 17.9. The van der Waals surface area contributed by atoms with Crippen LogP contribution in [0.15, 0.2) is 24.3 Å². The number of nitrogens with zero attached hydrogens (tertiary/aromatic N) is 2. The Morgan fingerprint density at radius 3 is 2.53 bits per heavy atom. The van der Waals surface area contributed by atoms with Gasteiger partial charge in [-0.2, -0.15) is 0 Å². The van der Waals surface area contributed by atoms with E-state index in [4.69, 9.17) is 4.74 Å². The summed E-state index contributed by atoms with van der Waals surface area (Å²) in [5.41, 5.74) is 4.23. The minimum atomic E-state index is -0.258. The zero-order chi connectivity index (χ0) is 23.7. The fraction of sp³-hybridized carbons (Fsp3) is 0.519. The highest BCUT2D eigenvalue weighted by molar-refractivity contribution is 6.00. The van der Waals surface area contributed by atoms with Crippen LogP contribution in [0.3, 0.4) is 0 Å². The van der Waals surface area contributed by atoms with E-state index in [-0.39, 0.29) is 29.1 Å². The molecule has 2 heterocycles. The monoisotopic (exact) mass is 465 g/mol. The number of carbonyl (C=O) groups is 1. The Morgan fingerprint density at radius 1 is 1.03 bits per heavy atom. The lowest BCUT2D eigenvalue weighted by atomic mass is 9.97. The van der Waals surface area contributed by atoms with E-state index in [2.05, 4.69) is 28.4 Å². The summed E-state index contributed by atoms with van der Waals surface area (Å²) in [7, 11) is 0. The Labute approximate surface area is 201 Å². The maximum Gasteiger partial charge on any atom is 0.262 e.